The Morgan fingerprint density at radius 2 is 1.50 bits per heavy atom. The second-order valence-electron chi connectivity index (χ2n) is 1.76. The summed E-state index contributed by atoms with van der Waals surface area (Å²) < 4.78 is 0. The van der Waals surface area contributed by atoms with Crippen LogP contribution in [0.15, 0.2) is 25.3 Å². The first-order valence-corrected chi connectivity index (χ1v) is 2.78. The Balaban J connectivity index is 4.06. The number of hydrogen-bond donors (Lipinski definition) is 2. The van der Waals surface area contributed by atoms with E-state index < -0.39 is 18.0 Å². The van der Waals surface area contributed by atoms with Gasteiger partial charge in [-0.3, -0.25) is 4.79 Å². The zero-order valence-corrected chi connectivity index (χ0v) is 5.53. The first kappa shape index (κ1) is 9.07. The fourth-order valence-electron chi connectivity index (χ4n) is 0.407. The van der Waals surface area contributed by atoms with E-state index in [4.69, 9.17) is 10.2 Å². The van der Waals surface area contributed by atoms with Gasteiger partial charge in [-0.15, -0.1) is 13.2 Å². The van der Waals surface area contributed by atoms with Crippen molar-refractivity contribution in [2.75, 3.05) is 0 Å². The SMILES string of the molecule is C=CC(O)C(=O)C(O)C=C. The molecule has 56 valence electrons. The van der Waals surface area contributed by atoms with Crippen molar-refractivity contribution in [2.45, 2.75) is 12.2 Å². The molecule has 0 aliphatic heterocycles. The summed E-state index contributed by atoms with van der Waals surface area (Å²) in [6.07, 6.45) is -0.495. The van der Waals surface area contributed by atoms with Crippen molar-refractivity contribution in [1.82, 2.24) is 0 Å². The van der Waals surface area contributed by atoms with Gasteiger partial charge >= 0.3 is 0 Å². The van der Waals surface area contributed by atoms with E-state index >= 15 is 0 Å². The summed E-state index contributed by atoms with van der Waals surface area (Å²) in [6, 6.07) is 0. The topological polar surface area (TPSA) is 57.5 Å². The molecule has 2 unspecified atom stereocenters. The molecule has 0 saturated carbocycles. The smallest absolute Gasteiger partial charge is 0.197 e. The van der Waals surface area contributed by atoms with Crippen molar-refractivity contribution in [1.29, 1.82) is 0 Å². The van der Waals surface area contributed by atoms with Gasteiger partial charge in [0.05, 0.1) is 0 Å². The molecule has 10 heavy (non-hydrogen) atoms. The third-order valence-corrected chi connectivity index (χ3v) is 1.03. The molecule has 0 fully saturated rings. The van der Waals surface area contributed by atoms with Gasteiger partial charge in [0.25, 0.3) is 0 Å². The van der Waals surface area contributed by atoms with Crippen LogP contribution in [0.4, 0.5) is 0 Å². The van der Waals surface area contributed by atoms with Crippen LogP contribution in [-0.4, -0.2) is 28.2 Å². The van der Waals surface area contributed by atoms with Crippen LogP contribution in [-0.2, 0) is 4.79 Å². The summed E-state index contributed by atoms with van der Waals surface area (Å²) in [5.74, 6) is -0.704. The molecule has 0 spiro atoms. The van der Waals surface area contributed by atoms with E-state index in [1.807, 2.05) is 0 Å². The molecule has 0 amide bonds. The molecule has 0 aromatic heterocycles. The van der Waals surface area contributed by atoms with Crippen LogP contribution in [0.2, 0.25) is 0 Å². The highest BCUT2D eigenvalue weighted by atomic mass is 16.3. The van der Waals surface area contributed by atoms with Crippen molar-refractivity contribution in [3.8, 4) is 0 Å². The summed E-state index contributed by atoms with van der Waals surface area (Å²) >= 11 is 0. The lowest BCUT2D eigenvalue weighted by Gasteiger charge is -2.05. The Labute approximate surface area is 59.3 Å². The minimum atomic E-state index is -1.30. The molecular formula is C7H10O3. The lowest BCUT2D eigenvalue weighted by Crippen LogP contribution is -2.28. The van der Waals surface area contributed by atoms with Crippen LogP contribution in [0, 0.1) is 0 Å². The molecule has 0 aliphatic carbocycles. The zero-order valence-electron chi connectivity index (χ0n) is 5.53. The number of rotatable bonds is 4. The molecule has 0 heterocycles. The number of Topliss-reactive ketones (excluding diaryl/α,β-unsaturated/α-hetero) is 1. The predicted molar refractivity (Wildman–Crippen MR) is 37.4 cm³/mol. The molecule has 0 bridgehead atoms. The minimum Gasteiger partial charge on any atom is -0.381 e. The van der Waals surface area contributed by atoms with Crippen LogP contribution in [0.3, 0.4) is 0 Å². The predicted octanol–water partition coefficient (Wildman–Crippen LogP) is -0.351. The zero-order chi connectivity index (χ0) is 8.15. The lowest BCUT2D eigenvalue weighted by atomic mass is 10.1. The van der Waals surface area contributed by atoms with Crippen LogP contribution < -0.4 is 0 Å². The van der Waals surface area contributed by atoms with Gasteiger partial charge in [-0.25, -0.2) is 0 Å². The fraction of sp³-hybridized carbons (Fsp3) is 0.286. The maximum atomic E-state index is 10.7. The lowest BCUT2D eigenvalue weighted by molar-refractivity contribution is -0.131. The van der Waals surface area contributed by atoms with Crippen LogP contribution >= 0.6 is 0 Å². The van der Waals surface area contributed by atoms with Gasteiger partial charge in [0.2, 0.25) is 0 Å². The first-order chi connectivity index (χ1) is 4.63. The standard InChI is InChI=1S/C7H10O3/c1-3-5(8)7(10)6(9)4-2/h3-6,8-9H,1-2H2. The summed E-state index contributed by atoms with van der Waals surface area (Å²) in [6.45, 7) is 6.36. The average molecular weight is 142 g/mol. The Kier molecular flexibility index (Phi) is 3.61. The van der Waals surface area contributed by atoms with Crippen molar-refractivity contribution in [3.05, 3.63) is 25.3 Å². The summed E-state index contributed by atoms with van der Waals surface area (Å²) in [5, 5.41) is 17.5. The second-order valence-corrected chi connectivity index (χ2v) is 1.76. The van der Waals surface area contributed by atoms with E-state index in [2.05, 4.69) is 13.2 Å². The molecule has 3 nitrogen and oxygen atoms in total. The van der Waals surface area contributed by atoms with E-state index in [1.54, 1.807) is 0 Å². The van der Waals surface area contributed by atoms with Gasteiger partial charge < -0.3 is 10.2 Å². The number of carbonyl (C=O) groups excluding carboxylic acids is 1. The Morgan fingerprint density at radius 3 is 1.70 bits per heavy atom. The quantitative estimate of drug-likeness (QED) is 0.527. The third-order valence-electron chi connectivity index (χ3n) is 1.03. The number of aliphatic hydroxyl groups is 2. The Bertz CT molecular complexity index is 135. The second kappa shape index (κ2) is 3.98. The first-order valence-electron chi connectivity index (χ1n) is 2.78. The van der Waals surface area contributed by atoms with E-state index in [1.165, 1.54) is 0 Å². The number of ketones is 1. The molecule has 0 aliphatic rings. The molecule has 3 heteroatoms. The van der Waals surface area contributed by atoms with Crippen molar-refractivity contribution in [2.24, 2.45) is 0 Å². The Hall–Kier alpha value is -0.930. The molecule has 0 rings (SSSR count). The summed E-state index contributed by atoms with van der Waals surface area (Å²) in [5.41, 5.74) is 0. The summed E-state index contributed by atoms with van der Waals surface area (Å²) in [7, 11) is 0. The van der Waals surface area contributed by atoms with Gasteiger partial charge in [0.15, 0.2) is 5.78 Å². The molecule has 0 aromatic rings. The van der Waals surface area contributed by atoms with Gasteiger partial charge in [-0.05, 0) is 0 Å². The van der Waals surface area contributed by atoms with E-state index in [0.29, 0.717) is 0 Å². The molecule has 2 atom stereocenters. The van der Waals surface area contributed by atoms with Crippen LogP contribution in [0.5, 0.6) is 0 Å². The highest BCUT2D eigenvalue weighted by Gasteiger charge is 2.17. The van der Waals surface area contributed by atoms with Gasteiger partial charge in [-0.1, -0.05) is 12.2 Å². The molecule has 0 radical (unpaired) electrons. The van der Waals surface area contributed by atoms with E-state index in [9.17, 15) is 4.79 Å². The molecule has 0 saturated heterocycles. The highest BCUT2D eigenvalue weighted by Crippen LogP contribution is 1.94. The van der Waals surface area contributed by atoms with Crippen molar-refractivity contribution < 1.29 is 15.0 Å². The third kappa shape index (κ3) is 2.13. The van der Waals surface area contributed by atoms with Gasteiger partial charge in [0, 0.05) is 0 Å². The van der Waals surface area contributed by atoms with E-state index in [-0.39, 0.29) is 0 Å². The van der Waals surface area contributed by atoms with Gasteiger partial charge in [-0.2, -0.15) is 0 Å². The maximum Gasteiger partial charge on any atom is 0.197 e. The largest absolute Gasteiger partial charge is 0.381 e. The van der Waals surface area contributed by atoms with Gasteiger partial charge in [0.1, 0.15) is 12.2 Å². The van der Waals surface area contributed by atoms with Crippen LogP contribution in [0.1, 0.15) is 0 Å². The van der Waals surface area contributed by atoms with Crippen molar-refractivity contribution in [3.63, 3.8) is 0 Å². The van der Waals surface area contributed by atoms with Crippen molar-refractivity contribution >= 4 is 5.78 Å². The fourth-order valence-corrected chi connectivity index (χ4v) is 0.407. The maximum absolute atomic E-state index is 10.7. The molecule has 0 aromatic carbocycles. The minimum absolute atomic E-state index is 0.704. The van der Waals surface area contributed by atoms with E-state index in [0.717, 1.165) is 12.2 Å². The van der Waals surface area contributed by atoms with Crippen LogP contribution in [0.25, 0.3) is 0 Å². The normalized spacial score (nSPS) is 15.4. The number of carbonyl (C=O) groups is 1. The molecular weight excluding hydrogens is 132 g/mol. The Morgan fingerprint density at radius 1 is 1.20 bits per heavy atom. The average Bonchev–Trinajstić information content (AvgIpc) is 2.00. The monoisotopic (exact) mass is 142 g/mol. The summed E-state index contributed by atoms with van der Waals surface area (Å²) in [4.78, 5) is 10.7. The number of aliphatic hydroxyl groups excluding tert-OH is 2. The highest BCUT2D eigenvalue weighted by molar-refractivity contribution is 5.89. The number of hydrogen-bond acceptors (Lipinski definition) is 3. The molecule has 2 N–H and O–H groups in total.